The van der Waals surface area contributed by atoms with Crippen LogP contribution in [-0.4, -0.2) is 6.61 Å². The van der Waals surface area contributed by atoms with E-state index in [2.05, 4.69) is 15.5 Å². The molecule has 0 saturated carbocycles. The van der Waals surface area contributed by atoms with E-state index in [0.29, 0.717) is 0 Å². The highest BCUT2D eigenvalue weighted by atomic mass is 32.1. The Morgan fingerprint density at radius 3 is 2.47 bits per heavy atom. The van der Waals surface area contributed by atoms with Gasteiger partial charge in [0.25, 0.3) is 0 Å². The summed E-state index contributed by atoms with van der Waals surface area (Å²) in [5.41, 5.74) is 4.84. The van der Waals surface area contributed by atoms with Crippen LogP contribution in [-0.2, 0) is 6.42 Å². The zero-order valence-electron chi connectivity index (χ0n) is 10.1. The van der Waals surface area contributed by atoms with Crippen LogP contribution in [0.4, 0.5) is 8.78 Å². The lowest BCUT2D eigenvalue weighted by Crippen LogP contribution is -2.29. The summed E-state index contributed by atoms with van der Waals surface area (Å²) in [6.45, 7) is -2.81. The molecule has 3 nitrogen and oxygen atoms in total. The van der Waals surface area contributed by atoms with Crippen molar-refractivity contribution in [3.05, 3.63) is 52.2 Å². The summed E-state index contributed by atoms with van der Waals surface area (Å²) < 4.78 is 28.4. The Balaban J connectivity index is 2.06. The normalized spacial score (nSPS) is 12.6. The molecule has 3 N–H and O–H groups in total. The molecule has 0 aliphatic carbocycles. The average molecular weight is 284 g/mol. The van der Waals surface area contributed by atoms with Crippen LogP contribution in [0.25, 0.3) is 0 Å². The molecule has 0 aliphatic heterocycles. The lowest BCUT2D eigenvalue weighted by atomic mass is 10.0. The first-order valence-corrected chi connectivity index (χ1v) is 6.65. The number of benzene rings is 1. The van der Waals surface area contributed by atoms with E-state index in [1.54, 1.807) is 23.5 Å². The van der Waals surface area contributed by atoms with Crippen LogP contribution in [0.15, 0.2) is 41.1 Å². The predicted molar refractivity (Wildman–Crippen MR) is 71.2 cm³/mol. The average Bonchev–Trinajstić information content (AvgIpc) is 2.89. The van der Waals surface area contributed by atoms with Crippen molar-refractivity contribution in [1.82, 2.24) is 5.43 Å². The summed E-state index contributed by atoms with van der Waals surface area (Å²) >= 11 is 1.62. The minimum absolute atomic E-state index is 0.0600. The number of hydrogen-bond donors (Lipinski definition) is 2. The van der Waals surface area contributed by atoms with E-state index in [0.717, 1.165) is 12.0 Å². The summed E-state index contributed by atoms with van der Waals surface area (Å²) in [6, 6.07) is 8.46. The summed E-state index contributed by atoms with van der Waals surface area (Å²) in [5.74, 6) is 5.69. The molecule has 0 amide bonds. The molecule has 2 aromatic rings. The van der Waals surface area contributed by atoms with Gasteiger partial charge in [-0.05, 0) is 46.5 Å². The zero-order valence-corrected chi connectivity index (χ0v) is 10.9. The minimum Gasteiger partial charge on any atom is -0.435 e. The molecular weight excluding hydrogens is 270 g/mol. The molecule has 1 heterocycles. The third kappa shape index (κ3) is 3.99. The van der Waals surface area contributed by atoms with Crippen molar-refractivity contribution in [3.8, 4) is 5.75 Å². The topological polar surface area (TPSA) is 47.3 Å². The molecule has 2 rings (SSSR count). The van der Waals surface area contributed by atoms with Crippen LogP contribution in [0.5, 0.6) is 5.75 Å². The quantitative estimate of drug-likeness (QED) is 0.633. The molecule has 0 saturated heterocycles. The van der Waals surface area contributed by atoms with Crippen molar-refractivity contribution in [1.29, 1.82) is 0 Å². The first-order chi connectivity index (χ1) is 9.19. The van der Waals surface area contributed by atoms with Gasteiger partial charge in [0.05, 0.1) is 6.04 Å². The zero-order chi connectivity index (χ0) is 13.7. The number of rotatable bonds is 6. The van der Waals surface area contributed by atoms with Gasteiger partial charge >= 0.3 is 6.61 Å². The van der Waals surface area contributed by atoms with Crippen molar-refractivity contribution >= 4 is 11.3 Å². The Kier molecular flexibility index (Phi) is 4.84. The first-order valence-electron chi connectivity index (χ1n) is 5.71. The fraction of sp³-hybridized carbons (Fsp3) is 0.231. The van der Waals surface area contributed by atoms with Crippen LogP contribution < -0.4 is 16.0 Å². The molecule has 0 spiro atoms. The largest absolute Gasteiger partial charge is 0.435 e. The second-order valence-corrected chi connectivity index (χ2v) is 4.78. The number of nitrogens with one attached hydrogen (secondary N) is 1. The SMILES string of the molecule is NNC(Cc1ccsc1)c1ccc(OC(F)F)cc1. The van der Waals surface area contributed by atoms with Gasteiger partial charge in [0.2, 0.25) is 0 Å². The number of hydrogen-bond acceptors (Lipinski definition) is 4. The molecule has 1 unspecified atom stereocenters. The Morgan fingerprint density at radius 1 is 1.21 bits per heavy atom. The predicted octanol–water partition coefficient (Wildman–Crippen LogP) is 3.10. The molecule has 1 aromatic heterocycles. The van der Waals surface area contributed by atoms with Gasteiger partial charge in [-0.25, -0.2) is 0 Å². The van der Waals surface area contributed by atoms with Gasteiger partial charge in [0, 0.05) is 0 Å². The van der Waals surface area contributed by atoms with E-state index < -0.39 is 6.61 Å². The fourth-order valence-corrected chi connectivity index (χ4v) is 2.48. The number of nitrogens with two attached hydrogens (primary N) is 1. The Bertz CT molecular complexity index is 488. The molecule has 0 fully saturated rings. The monoisotopic (exact) mass is 284 g/mol. The molecule has 0 radical (unpaired) electrons. The van der Waals surface area contributed by atoms with Gasteiger partial charge in [-0.15, -0.1) is 0 Å². The smallest absolute Gasteiger partial charge is 0.387 e. The Labute approximate surface area is 114 Å². The highest BCUT2D eigenvalue weighted by Gasteiger charge is 2.11. The van der Waals surface area contributed by atoms with Crippen molar-refractivity contribution in [2.75, 3.05) is 0 Å². The summed E-state index contributed by atoms with van der Waals surface area (Å²) in [7, 11) is 0. The van der Waals surface area contributed by atoms with Crippen molar-refractivity contribution in [3.63, 3.8) is 0 Å². The van der Waals surface area contributed by atoms with E-state index in [4.69, 9.17) is 5.84 Å². The molecule has 19 heavy (non-hydrogen) atoms. The van der Waals surface area contributed by atoms with E-state index in [-0.39, 0.29) is 11.8 Å². The molecule has 6 heteroatoms. The van der Waals surface area contributed by atoms with E-state index in [1.165, 1.54) is 17.7 Å². The fourth-order valence-electron chi connectivity index (χ4n) is 1.80. The maximum Gasteiger partial charge on any atom is 0.387 e. The van der Waals surface area contributed by atoms with Gasteiger partial charge in [0.15, 0.2) is 0 Å². The highest BCUT2D eigenvalue weighted by molar-refractivity contribution is 7.07. The lowest BCUT2D eigenvalue weighted by Gasteiger charge is -2.16. The molecule has 1 atom stereocenters. The maximum atomic E-state index is 12.0. The maximum absolute atomic E-state index is 12.0. The van der Waals surface area contributed by atoms with Crippen LogP contribution in [0.2, 0.25) is 0 Å². The van der Waals surface area contributed by atoms with E-state index in [9.17, 15) is 8.78 Å². The van der Waals surface area contributed by atoms with Gasteiger partial charge in [-0.1, -0.05) is 12.1 Å². The molecule has 0 bridgehead atoms. The van der Waals surface area contributed by atoms with Crippen molar-refractivity contribution in [2.45, 2.75) is 19.1 Å². The van der Waals surface area contributed by atoms with E-state index in [1.807, 2.05) is 11.4 Å². The Morgan fingerprint density at radius 2 is 1.95 bits per heavy atom. The van der Waals surface area contributed by atoms with Gasteiger partial charge in [0.1, 0.15) is 5.75 Å². The number of ether oxygens (including phenoxy) is 1. The summed E-state index contributed by atoms with van der Waals surface area (Å²) in [4.78, 5) is 0. The second-order valence-electron chi connectivity index (χ2n) is 4.00. The van der Waals surface area contributed by atoms with Crippen molar-refractivity contribution in [2.24, 2.45) is 5.84 Å². The van der Waals surface area contributed by atoms with Gasteiger partial charge in [-0.3, -0.25) is 11.3 Å². The minimum atomic E-state index is -2.81. The first kappa shape index (κ1) is 13.9. The second kappa shape index (κ2) is 6.60. The van der Waals surface area contributed by atoms with E-state index >= 15 is 0 Å². The third-order valence-corrected chi connectivity index (χ3v) is 3.46. The molecule has 102 valence electrons. The van der Waals surface area contributed by atoms with Crippen LogP contribution in [0, 0.1) is 0 Å². The van der Waals surface area contributed by atoms with Crippen LogP contribution in [0.1, 0.15) is 17.2 Å². The highest BCUT2D eigenvalue weighted by Crippen LogP contribution is 2.22. The summed E-state index contributed by atoms with van der Waals surface area (Å²) in [6.07, 6.45) is 0.745. The number of thiophene rings is 1. The standard InChI is InChI=1S/C13H14F2N2OS/c14-13(15)18-11-3-1-10(2-4-11)12(17-16)7-9-5-6-19-8-9/h1-6,8,12-13,17H,7,16H2. The number of hydrazine groups is 1. The number of halogens is 2. The lowest BCUT2D eigenvalue weighted by molar-refractivity contribution is -0.0498. The Hall–Kier alpha value is -1.50. The summed E-state index contributed by atoms with van der Waals surface area (Å²) in [5, 5.41) is 4.06. The third-order valence-electron chi connectivity index (χ3n) is 2.73. The van der Waals surface area contributed by atoms with Gasteiger partial charge < -0.3 is 4.74 Å². The van der Waals surface area contributed by atoms with Crippen molar-refractivity contribution < 1.29 is 13.5 Å². The number of alkyl halides is 2. The molecule has 1 aromatic carbocycles. The van der Waals surface area contributed by atoms with Crippen LogP contribution in [0.3, 0.4) is 0 Å². The molecule has 0 aliphatic rings. The molecular formula is C13H14F2N2OS. The van der Waals surface area contributed by atoms with Gasteiger partial charge in [-0.2, -0.15) is 20.1 Å². The van der Waals surface area contributed by atoms with Crippen LogP contribution >= 0.6 is 11.3 Å².